The summed E-state index contributed by atoms with van der Waals surface area (Å²) in [5.41, 5.74) is 5.30. The molecule has 0 saturated carbocycles. The van der Waals surface area contributed by atoms with Crippen molar-refractivity contribution in [3.63, 3.8) is 0 Å². The molecular weight excluding hydrogens is 194 g/mol. The lowest BCUT2D eigenvalue weighted by molar-refractivity contribution is -0.117. The maximum Gasteiger partial charge on any atom is 0.230 e. The van der Waals surface area contributed by atoms with Gasteiger partial charge in [0.05, 0.1) is 5.25 Å². The third-order valence-corrected chi connectivity index (χ3v) is 3.35. The minimum absolute atomic E-state index is 0.0233. The molecule has 0 saturated heterocycles. The van der Waals surface area contributed by atoms with Crippen molar-refractivity contribution in [1.29, 1.82) is 0 Å². The summed E-state index contributed by atoms with van der Waals surface area (Å²) in [4.78, 5) is 11.0. The maximum absolute atomic E-state index is 11.0. The number of thioether (sulfide) groups is 1. The lowest BCUT2D eigenvalue weighted by atomic mass is 10.1. The Morgan fingerprint density at radius 2 is 2.21 bits per heavy atom. The molecule has 0 aromatic rings. The molecule has 0 spiro atoms. The Morgan fingerprint density at radius 3 is 2.71 bits per heavy atom. The zero-order chi connectivity index (χ0) is 10.8. The van der Waals surface area contributed by atoms with E-state index in [9.17, 15) is 4.79 Å². The van der Waals surface area contributed by atoms with Gasteiger partial charge in [0.15, 0.2) is 0 Å². The van der Waals surface area contributed by atoms with E-state index in [2.05, 4.69) is 13.5 Å². The van der Waals surface area contributed by atoms with E-state index < -0.39 is 0 Å². The molecule has 0 rings (SSSR count). The van der Waals surface area contributed by atoms with Gasteiger partial charge in [-0.25, -0.2) is 0 Å². The van der Waals surface area contributed by atoms with Crippen LogP contribution in [0.15, 0.2) is 12.7 Å². The zero-order valence-corrected chi connectivity index (χ0v) is 9.81. The third-order valence-electron chi connectivity index (χ3n) is 2.05. The second-order valence-electron chi connectivity index (χ2n) is 3.36. The summed E-state index contributed by atoms with van der Waals surface area (Å²) in [6, 6.07) is 0. The molecule has 0 aliphatic carbocycles. The van der Waals surface area contributed by atoms with Crippen molar-refractivity contribution in [1.82, 2.24) is 0 Å². The summed E-state index contributed by atoms with van der Waals surface area (Å²) < 4.78 is 0. The molecule has 2 N–H and O–H groups in total. The highest BCUT2D eigenvalue weighted by Crippen LogP contribution is 2.18. The van der Waals surface area contributed by atoms with E-state index in [1.165, 1.54) is 19.3 Å². The van der Waals surface area contributed by atoms with Crippen LogP contribution < -0.4 is 5.73 Å². The van der Waals surface area contributed by atoms with Gasteiger partial charge in [-0.05, 0) is 6.42 Å². The van der Waals surface area contributed by atoms with Crippen molar-refractivity contribution in [2.45, 2.75) is 44.3 Å². The van der Waals surface area contributed by atoms with E-state index in [1.807, 2.05) is 6.08 Å². The summed E-state index contributed by atoms with van der Waals surface area (Å²) in [7, 11) is 0. The van der Waals surface area contributed by atoms with E-state index >= 15 is 0 Å². The molecule has 0 aromatic carbocycles. The molecule has 0 aliphatic rings. The largest absolute Gasteiger partial charge is 0.369 e. The van der Waals surface area contributed by atoms with Gasteiger partial charge >= 0.3 is 0 Å². The fourth-order valence-electron chi connectivity index (χ4n) is 1.25. The normalized spacial score (nSPS) is 12.4. The van der Waals surface area contributed by atoms with E-state index in [0.717, 1.165) is 18.6 Å². The average molecular weight is 215 g/mol. The summed E-state index contributed by atoms with van der Waals surface area (Å²) in [6.45, 7) is 5.81. The standard InChI is InChI=1S/C11H21NOS/c1-3-5-6-7-8-10(11(12)13)14-9-4-2/h4,10H,2-3,5-9H2,1H3,(H2,12,13). The third kappa shape index (κ3) is 7.01. The molecule has 1 amide bonds. The number of hydrogen-bond donors (Lipinski definition) is 1. The van der Waals surface area contributed by atoms with Crippen LogP contribution in [0.3, 0.4) is 0 Å². The van der Waals surface area contributed by atoms with Crippen molar-refractivity contribution in [3.8, 4) is 0 Å². The highest BCUT2D eigenvalue weighted by Gasteiger charge is 2.13. The molecule has 1 atom stereocenters. The molecule has 1 unspecified atom stereocenters. The number of amides is 1. The summed E-state index contributed by atoms with van der Waals surface area (Å²) >= 11 is 1.60. The van der Waals surface area contributed by atoms with Gasteiger partial charge in [-0.2, -0.15) is 0 Å². The predicted molar refractivity (Wildman–Crippen MR) is 64.4 cm³/mol. The van der Waals surface area contributed by atoms with Gasteiger partial charge in [-0.15, -0.1) is 18.3 Å². The van der Waals surface area contributed by atoms with Gasteiger partial charge in [-0.3, -0.25) is 4.79 Å². The predicted octanol–water partition coefficient (Wildman–Crippen LogP) is 2.73. The number of hydrogen-bond acceptors (Lipinski definition) is 2. The molecule has 0 fully saturated rings. The first-order valence-corrected chi connectivity index (χ1v) is 6.29. The maximum atomic E-state index is 11.0. The van der Waals surface area contributed by atoms with E-state index in [-0.39, 0.29) is 11.2 Å². The topological polar surface area (TPSA) is 43.1 Å². The number of unbranched alkanes of at least 4 members (excludes halogenated alkanes) is 3. The van der Waals surface area contributed by atoms with Crippen LogP contribution >= 0.6 is 11.8 Å². The number of rotatable bonds is 9. The SMILES string of the molecule is C=CCSC(CCCCCC)C(N)=O. The minimum Gasteiger partial charge on any atom is -0.369 e. The Balaban J connectivity index is 3.62. The Bertz CT molecular complexity index is 171. The summed E-state index contributed by atoms with van der Waals surface area (Å²) in [5.74, 6) is 0.620. The van der Waals surface area contributed by atoms with Crippen LogP contribution in [0.2, 0.25) is 0 Å². The number of carbonyl (C=O) groups is 1. The molecule has 3 heteroatoms. The smallest absolute Gasteiger partial charge is 0.230 e. The van der Waals surface area contributed by atoms with Crippen LogP contribution in [0.5, 0.6) is 0 Å². The highest BCUT2D eigenvalue weighted by molar-refractivity contribution is 8.00. The second kappa shape index (κ2) is 9.13. The van der Waals surface area contributed by atoms with Crippen molar-refractivity contribution in [2.75, 3.05) is 5.75 Å². The lowest BCUT2D eigenvalue weighted by Crippen LogP contribution is -2.25. The molecular formula is C11H21NOS. The van der Waals surface area contributed by atoms with Gasteiger partial charge in [-0.1, -0.05) is 38.7 Å². The molecule has 0 heterocycles. The molecule has 82 valence electrons. The van der Waals surface area contributed by atoms with E-state index in [1.54, 1.807) is 11.8 Å². The molecule has 2 nitrogen and oxygen atoms in total. The number of carbonyl (C=O) groups excluding carboxylic acids is 1. The monoisotopic (exact) mass is 215 g/mol. The molecule has 14 heavy (non-hydrogen) atoms. The summed E-state index contributed by atoms with van der Waals surface area (Å²) in [5, 5.41) is -0.0233. The second-order valence-corrected chi connectivity index (χ2v) is 4.60. The first kappa shape index (κ1) is 13.6. The van der Waals surface area contributed by atoms with E-state index in [0.29, 0.717) is 0 Å². The van der Waals surface area contributed by atoms with Crippen molar-refractivity contribution < 1.29 is 4.79 Å². The number of primary amides is 1. The Morgan fingerprint density at radius 1 is 1.50 bits per heavy atom. The van der Waals surface area contributed by atoms with Gasteiger partial charge in [0.25, 0.3) is 0 Å². The van der Waals surface area contributed by atoms with Crippen molar-refractivity contribution >= 4 is 17.7 Å². The fraction of sp³-hybridized carbons (Fsp3) is 0.727. The first-order chi connectivity index (χ1) is 6.72. The van der Waals surface area contributed by atoms with E-state index in [4.69, 9.17) is 5.73 Å². The molecule has 0 radical (unpaired) electrons. The Hall–Kier alpha value is -0.440. The fourth-order valence-corrected chi connectivity index (χ4v) is 2.11. The van der Waals surface area contributed by atoms with Crippen LogP contribution in [0.1, 0.15) is 39.0 Å². The Labute approximate surface area is 91.3 Å². The zero-order valence-electron chi connectivity index (χ0n) is 9.00. The molecule has 0 aliphatic heterocycles. The van der Waals surface area contributed by atoms with Crippen molar-refractivity contribution in [2.24, 2.45) is 5.73 Å². The lowest BCUT2D eigenvalue weighted by Gasteiger charge is -2.11. The van der Waals surface area contributed by atoms with Crippen molar-refractivity contribution in [3.05, 3.63) is 12.7 Å². The van der Waals surface area contributed by atoms with Crippen LogP contribution in [-0.2, 0) is 4.79 Å². The molecule has 0 aromatic heterocycles. The first-order valence-electron chi connectivity index (χ1n) is 5.24. The van der Waals surface area contributed by atoms with Gasteiger partial charge < -0.3 is 5.73 Å². The van der Waals surface area contributed by atoms with Crippen LogP contribution in [0.25, 0.3) is 0 Å². The van der Waals surface area contributed by atoms with Crippen LogP contribution in [0, 0.1) is 0 Å². The summed E-state index contributed by atoms with van der Waals surface area (Å²) in [6.07, 6.45) is 7.50. The van der Waals surface area contributed by atoms with Gasteiger partial charge in [0.1, 0.15) is 0 Å². The quantitative estimate of drug-likeness (QED) is 0.475. The average Bonchev–Trinajstić information content (AvgIpc) is 2.16. The highest BCUT2D eigenvalue weighted by atomic mass is 32.2. The minimum atomic E-state index is -0.187. The van der Waals surface area contributed by atoms with Gasteiger partial charge in [0, 0.05) is 5.75 Å². The van der Waals surface area contributed by atoms with Gasteiger partial charge in [0.2, 0.25) is 5.91 Å². The number of nitrogens with two attached hydrogens (primary N) is 1. The Kier molecular flexibility index (Phi) is 8.84. The molecule has 0 bridgehead atoms. The van der Waals surface area contributed by atoms with Crippen LogP contribution in [0.4, 0.5) is 0 Å². The van der Waals surface area contributed by atoms with Crippen LogP contribution in [-0.4, -0.2) is 16.9 Å².